The Balaban J connectivity index is 2.44. The van der Waals surface area contributed by atoms with Crippen LogP contribution in [0, 0.1) is 13.7 Å². The van der Waals surface area contributed by atoms with Gasteiger partial charge in [0.1, 0.15) is 0 Å². The van der Waals surface area contributed by atoms with Crippen molar-refractivity contribution >= 4 is 55.2 Å². The second-order valence-electron chi connectivity index (χ2n) is 5.01. The predicted molar refractivity (Wildman–Crippen MR) is 97.3 cm³/mol. The van der Waals surface area contributed by atoms with Crippen LogP contribution in [0.15, 0.2) is 53.4 Å². The van der Waals surface area contributed by atoms with Gasteiger partial charge in [0.25, 0.3) is 15.7 Å². The summed E-state index contributed by atoms with van der Waals surface area (Å²) in [6.07, 6.45) is 0. The zero-order valence-corrected chi connectivity index (χ0v) is 15.3. The molecule has 0 aliphatic rings. The first-order valence-corrected chi connectivity index (χ1v) is 9.29. The van der Waals surface area contributed by atoms with E-state index in [1.54, 1.807) is 28.7 Å². The fourth-order valence-electron chi connectivity index (χ4n) is 2.46. The molecule has 0 atom stereocenters. The van der Waals surface area contributed by atoms with E-state index < -0.39 is 26.6 Å². The standard InChI is InChI=1S/C15H9IN2O6S/c16-13-11-8-9(18(21)22)6-7-12(11)17(14(13)15(19)20)25(23,24)10-4-2-1-3-5-10/h1-8H,(H,19,20). The molecule has 0 aliphatic carbocycles. The Hall–Kier alpha value is -2.47. The van der Waals surface area contributed by atoms with Crippen LogP contribution in [-0.4, -0.2) is 28.4 Å². The Morgan fingerprint density at radius 2 is 1.80 bits per heavy atom. The maximum atomic E-state index is 13.0. The molecule has 10 heteroatoms. The molecule has 1 aromatic heterocycles. The second kappa shape index (κ2) is 6.11. The molecular weight excluding hydrogens is 463 g/mol. The number of rotatable bonds is 4. The SMILES string of the molecule is O=C(O)c1c(I)c2cc([N+](=O)[O-])ccc2n1S(=O)(=O)c1ccccc1. The highest BCUT2D eigenvalue weighted by atomic mass is 127. The van der Waals surface area contributed by atoms with Gasteiger partial charge in [-0.15, -0.1) is 0 Å². The van der Waals surface area contributed by atoms with Crippen LogP contribution < -0.4 is 0 Å². The summed E-state index contributed by atoms with van der Waals surface area (Å²) in [5.41, 5.74) is -0.646. The summed E-state index contributed by atoms with van der Waals surface area (Å²) in [4.78, 5) is 21.9. The minimum absolute atomic E-state index is 0.0660. The quantitative estimate of drug-likeness (QED) is 0.354. The Labute approximate surface area is 155 Å². The summed E-state index contributed by atoms with van der Waals surface area (Å²) < 4.78 is 26.8. The van der Waals surface area contributed by atoms with Gasteiger partial charge in [-0.1, -0.05) is 18.2 Å². The molecule has 2 aromatic carbocycles. The van der Waals surface area contributed by atoms with Gasteiger partial charge >= 0.3 is 5.97 Å². The minimum Gasteiger partial charge on any atom is -0.477 e. The van der Waals surface area contributed by atoms with Crippen LogP contribution >= 0.6 is 22.6 Å². The maximum absolute atomic E-state index is 13.0. The summed E-state index contributed by atoms with van der Waals surface area (Å²) in [5.74, 6) is -1.44. The van der Waals surface area contributed by atoms with E-state index in [1.807, 2.05) is 0 Å². The van der Waals surface area contributed by atoms with Crippen molar-refractivity contribution in [3.63, 3.8) is 0 Å². The highest BCUT2D eigenvalue weighted by molar-refractivity contribution is 14.1. The van der Waals surface area contributed by atoms with E-state index in [9.17, 15) is 28.4 Å². The molecule has 1 heterocycles. The molecule has 0 bridgehead atoms. The zero-order chi connectivity index (χ0) is 18.4. The molecule has 0 amide bonds. The average molecular weight is 472 g/mol. The molecule has 0 aliphatic heterocycles. The molecular formula is C15H9IN2O6S. The van der Waals surface area contributed by atoms with Crippen molar-refractivity contribution in [2.75, 3.05) is 0 Å². The van der Waals surface area contributed by atoms with Gasteiger partial charge in [0.15, 0.2) is 5.69 Å². The summed E-state index contributed by atoms with van der Waals surface area (Å²) in [7, 11) is -4.19. The summed E-state index contributed by atoms with van der Waals surface area (Å²) >= 11 is 1.69. The number of non-ortho nitro benzene ring substituents is 1. The molecule has 0 radical (unpaired) electrons. The lowest BCUT2D eigenvalue weighted by atomic mass is 10.2. The van der Waals surface area contributed by atoms with Crippen molar-refractivity contribution < 1.29 is 23.2 Å². The van der Waals surface area contributed by atoms with Gasteiger partial charge in [-0.3, -0.25) is 10.1 Å². The summed E-state index contributed by atoms with van der Waals surface area (Å²) in [6.45, 7) is 0. The number of hydrogen-bond acceptors (Lipinski definition) is 5. The third kappa shape index (κ3) is 2.76. The first-order chi connectivity index (χ1) is 11.7. The van der Waals surface area contributed by atoms with Crippen LogP contribution in [0.25, 0.3) is 10.9 Å². The van der Waals surface area contributed by atoms with Crippen molar-refractivity contribution in [1.82, 2.24) is 3.97 Å². The number of nitro groups is 1. The monoisotopic (exact) mass is 472 g/mol. The molecule has 0 fully saturated rings. The van der Waals surface area contributed by atoms with Crippen molar-refractivity contribution in [2.24, 2.45) is 0 Å². The maximum Gasteiger partial charge on any atom is 0.354 e. The number of carbonyl (C=O) groups is 1. The van der Waals surface area contributed by atoms with Crippen LogP contribution in [0.4, 0.5) is 5.69 Å². The van der Waals surface area contributed by atoms with E-state index >= 15 is 0 Å². The predicted octanol–water partition coefficient (Wildman–Crippen LogP) is 3.09. The summed E-state index contributed by atoms with van der Waals surface area (Å²) in [6, 6.07) is 10.9. The normalized spacial score (nSPS) is 11.6. The number of carboxylic acid groups (broad SMARTS) is 1. The molecule has 0 spiro atoms. The van der Waals surface area contributed by atoms with Crippen LogP contribution in [0.3, 0.4) is 0 Å². The number of fused-ring (bicyclic) bond motifs is 1. The van der Waals surface area contributed by atoms with E-state index in [0.717, 1.165) is 6.07 Å². The number of aromatic nitrogens is 1. The molecule has 0 saturated carbocycles. The average Bonchev–Trinajstić information content (AvgIpc) is 2.89. The first kappa shape index (κ1) is 17.4. The Morgan fingerprint density at radius 1 is 1.16 bits per heavy atom. The van der Waals surface area contributed by atoms with Gasteiger partial charge in [0.2, 0.25) is 0 Å². The van der Waals surface area contributed by atoms with Crippen LogP contribution in [0.5, 0.6) is 0 Å². The molecule has 0 unspecified atom stereocenters. The van der Waals surface area contributed by atoms with Crippen molar-refractivity contribution in [2.45, 2.75) is 4.90 Å². The van der Waals surface area contributed by atoms with E-state index in [4.69, 9.17) is 0 Å². The van der Waals surface area contributed by atoms with E-state index in [-0.39, 0.29) is 25.1 Å². The molecule has 3 aromatic rings. The fourth-order valence-corrected chi connectivity index (χ4v) is 5.06. The van der Waals surface area contributed by atoms with E-state index in [0.29, 0.717) is 3.97 Å². The van der Waals surface area contributed by atoms with Gasteiger partial charge < -0.3 is 5.11 Å². The van der Waals surface area contributed by atoms with Crippen molar-refractivity contribution in [1.29, 1.82) is 0 Å². The van der Waals surface area contributed by atoms with Crippen molar-refractivity contribution in [3.05, 3.63) is 67.9 Å². The third-order valence-corrected chi connectivity index (χ3v) is 6.36. The van der Waals surface area contributed by atoms with Gasteiger partial charge in [-0.25, -0.2) is 17.2 Å². The number of aromatic carboxylic acids is 1. The minimum atomic E-state index is -4.19. The largest absolute Gasteiger partial charge is 0.477 e. The topological polar surface area (TPSA) is 120 Å². The van der Waals surface area contributed by atoms with Crippen LogP contribution in [0.2, 0.25) is 0 Å². The number of nitro benzene ring substituents is 1. The van der Waals surface area contributed by atoms with Gasteiger partial charge in [-0.05, 0) is 40.8 Å². The summed E-state index contributed by atoms with van der Waals surface area (Å²) in [5, 5.41) is 20.7. The number of benzene rings is 2. The molecule has 25 heavy (non-hydrogen) atoms. The van der Waals surface area contributed by atoms with Crippen LogP contribution in [-0.2, 0) is 10.0 Å². The van der Waals surface area contributed by atoms with Gasteiger partial charge in [0.05, 0.1) is 18.9 Å². The second-order valence-corrected chi connectivity index (χ2v) is 7.87. The number of nitrogens with zero attached hydrogens (tertiary/aromatic N) is 2. The lowest BCUT2D eigenvalue weighted by molar-refractivity contribution is -0.384. The lowest BCUT2D eigenvalue weighted by Gasteiger charge is -2.09. The van der Waals surface area contributed by atoms with Gasteiger partial charge in [0, 0.05) is 17.5 Å². The fraction of sp³-hybridized carbons (Fsp3) is 0. The van der Waals surface area contributed by atoms with Gasteiger partial charge in [-0.2, -0.15) is 0 Å². The Kier molecular flexibility index (Phi) is 4.24. The molecule has 3 rings (SSSR count). The molecule has 0 saturated heterocycles. The number of hydrogen-bond donors (Lipinski definition) is 1. The zero-order valence-electron chi connectivity index (χ0n) is 12.3. The first-order valence-electron chi connectivity index (χ1n) is 6.77. The Bertz CT molecular complexity index is 1120. The van der Waals surface area contributed by atoms with E-state index in [1.165, 1.54) is 36.4 Å². The third-order valence-electron chi connectivity index (χ3n) is 3.54. The highest BCUT2D eigenvalue weighted by Crippen LogP contribution is 2.33. The van der Waals surface area contributed by atoms with Crippen molar-refractivity contribution in [3.8, 4) is 0 Å². The van der Waals surface area contributed by atoms with Crippen LogP contribution in [0.1, 0.15) is 10.5 Å². The smallest absolute Gasteiger partial charge is 0.354 e. The molecule has 1 N–H and O–H groups in total. The Morgan fingerprint density at radius 3 is 2.36 bits per heavy atom. The number of halogens is 1. The highest BCUT2D eigenvalue weighted by Gasteiger charge is 2.30. The van der Waals surface area contributed by atoms with E-state index in [2.05, 4.69) is 0 Å². The number of carboxylic acids is 1. The molecule has 8 nitrogen and oxygen atoms in total. The lowest BCUT2D eigenvalue weighted by Crippen LogP contribution is -2.19. The molecule has 128 valence electrons.